The second kappa shape index (κ2) is 7.63. The molecule has 0 amide bonds. The first-order chi connectivity index (χ1) is 14.9. The first-order valence-corrected chi connectivity index (χ1v) is 11.3. The van der Waals surface area contributed by atoms with E-state index in [1.807, 2.05) is 39.0 Å². The summed E-state index contributed by atoms with van der Waals surface area (Å²) in [4.78, 5) is 14.2. The van der Waals surface area contributed by atoms with Gasteiger partial charge < -0.3 is 19.9 Å². The highest BCUT2D eigenvalue weighted by Crippen LogP contribution is 2.44. The third kappa shape index (κ3) is 3.63. The lowest BCUT2D eigenvalue weighted by atomic mass is 10.1. The third-order valence-corrected chi connectivity index (χ3v) is 6.94. The molecule has 2 aromatic heterocycles. The summed E-state index contributed by atoms with van der Waals surface area (Å²) < 4.78 is 13.4. The van der Waals surface area contributed by atoms with Crippen molar-refractivity contribution in [3.63, 3.8) is 0 Å². The first kappa shape index (κ1) is 20.5. The summed E-state index contributed by atoms with van der Waals surface area (Å²) >= 11 is 1.61. The molecule has 1 aromatic carbocycles. The van der Waals surface area contributed by atoms with E-state index in [0.29, 0.717) is 11.6 Å². The lowest BCUT2D eigenvalue weighted by molar-refractivity contribution is -0.158. The van der Waals surface area contributed by atoms with Crippen molar-refractivity contribution in [3.05, 3.63) is 42.4 Å². The van der Waals surface area contributed by atoms with Gasteiger partial charge in [0.15, 0.2) is 5.79 Å². The Labute approximate surface area is 185 Å². The van der Waals surface area contributed by atoms with E-state index in [1.54, 1.807) is 17.4 Å². The van der Waals surface area contributed by atoms with Gasteiger partial charge in [-0.05, 0) is 45.4 Å². The lowest BCUT2D eigenvalue weighted by Crippen LogP contribution is -2.35. The highest BCUT2D eigenvalue weighted by Gasteiger charge is 2.54. The molecule has 8 heteroatoms. The van der Waals surface area contributed by atoms with Crippen molar-refractivity contribution in [2.24, 2.45) is 5.92 Å². The van der Waals surface area contributed by atoms with Gasteiger partial charge in [0.25, 0.3) is 0 Å². The fraction of sp³-hybridized carbons (Fsp3) is 0.435. The standard InChI is InChI=1S/C23H26N4O3S/c1-5-14-18(22-27-15-8-6-7-9-17(15)31-22)21(25-12(2)24-14)26-16-10-13(11-28)19-20(16)30-23(3,4)29-19/h5-9,13,16,19-20,28H,1,10-11H2,2-4H3,(H,24,25,26)/t13-,16-,19-,20+/m1/s1. The van der Waals surface area contributed by atoms with Gasteiger partial charge in [-0.2, -0.15) is 0 Å². The Hall–Kier alpha value is -2.39. The predicted octanol–water partition coefficient (Wildman–Crippen LogP) is 4.02. The number of ether oxygens (including phenoxy) is 2. The Morgan fingerprint density at radius 3 is 2.74 bits per heavy atom. The van der Waals surface area contributed by atoms with Crippen LogP contribution in [0.5, 0.6) is 0 Å². The molecule has 3 heterocycles. The smallest absolute Gasteiger partial charge is 0.163 e. The number of anilines is 1. The van der Waals surface area contributed by atoms with Gasteiger partial charge in [-0.3, -0.25) is 0 Å². The maximum Gasteiger partial charge on any atom is 0.163 e. The van der Waals surface area contributed by atoms with Gasteiger partial charge in [-0.1, -0.05) is 18.7 Å². The molecule has 2 aliphatic rings. The number of aliphatic hydroxyl groups excluding tert-OH is 1. The van der Waals surface area contributed by atoms with Gasteiger partial charge in [-0.25, -0.2) is 15.0 Å². The lowest BCUT2D eigenvalue weighted by Gasteiger charge is -2.24. The number of aryl methyl sites for hydroxylation is 1. The molecule has 0 bridgehead atoms. The summed E-state index contributed by atoms with van der Waals surface area (Å²) in [6.07, 6.45) is 2.16. The largest absolute Gasteiger partial charge is 0.396 e. The minimum Gasteiger partial charge on any atom is -0.396 e. The van der Waals surface area contributed by atoms with Gasteiger partial charge in [0.05, 0.1) is 33.6 Å². The van der Waals surface area contributed by atoms with Crippen LogP contribution in [0.15, 0.2) is 30.8 Å². The quantitative estimate of drug-likeness (QED) is 0.622. The molecular formula is C23H26N4O3S. The average molecular weight is 439 g/mol. The van der Waals surface area contributed by atoms with Gasteiger partial charge in [0, 0.05) is 12.5 Å². The second-order valence-corrected chi connectivity index (χ2v) is 9.60. The van der Waals surface area contributed by atoms with Gasteiger partial charge >= 0.3 is 0 Å². The number of fused-ring (bicyclic) bond motifs is 2. The molecule has 1 saturated heterocycles. The Kier molecular flexibility index (Phi) is 5.05. The molecule has 3 aromatic rings. The number of nitrogens with one attached hydrogen (secondary N) is 1. The monoisotopic (exact) mass is 438 g/mol. The number of nitrogens with zero attached hydrogens (tertiary/aromatic N) is 3. The molecule has 0 unspecified atom stereocenters. The maximum atomic E-state index is 9.90. The van der Waals surface area contributed by atoms with Crippen LogP contribution in [-0.4, -0.2) is 50.7 Å². The molecule has 2 N–H and O–H groups in total. The van der Waals surface area contributed by atoms with Crippen LogP contribution in [-0.2, 0) is 9.47 Å². The minimum atomic E-state index is -0.674. The maximum absolute atomic E-state index is 9.90. The summed E-state index contributed by atoms with van der Waals surface area (Å²) in [6.45, 7) is 9.71. The Morgan fingerprint density at radius 1 is 1.23 bits per heavy atom. The van der Waals surface area contributed by atoms with Gasteiger partial charge in [0.2, 0.25) is 0 Å². The zero-order chi connectivity index (χ0) is 21.8. The summed E-state index contributed by atoms with van der Waals surface area (Å²) in [5.41, 5.74) is 2.52. The molecule has 1 aliphatic heterocycles. The molecule has 7 nitrogen and oxygen atoms in total. The van der Waals surface area contributed by atoms with E-state index in [-0.39, 0.29) is 30.8 Å². The van der Waals surface area contributed by atoms with Crippen LogP contribution in [0.25, 0.3) is 26.9 Å². The molecule has 4 atom stereocenters. The van der Waals surface area contributed by atoms with Crippen LogP contribution in [0, 0.1) is 12.8 Å². The number of aromatic nitrogens is 3. The number of aliphatic hydroxyl groups is 1. The number of thiazole rings is 1. The van der Waals surface area contributed by atoms with Crippen LogP contribution < -0.4 is 5.32 Å². The van der Waals surface area contributed by atoms with Crippen molar-refractivity contribution in [1.29, 1.82) is 0 Å². The van der Waals surface area contributed by atoms with E-state index < -0.39 is 5.79 Å². The van der Waals surface area contributed by atoms with Crippen LogP contribution in [0.3, 0.4) is 0 Å². The number of benzene rings is 1. The van der Waals surface area contributed by atoms with E-state index in [4.69, 9.17) is 19.4 Å². The third-order valence-electron chi connectivity index (χ3n) is 5.89. The molecule has 0 radical (unpaired) electrons. The molecule has 162 valence electrons. The van der Waals surface area contributed by atoms with E-state index in [1.165, 1.54) is 0 Å². The second-order valence-electron chi connectivity index (χ2n) is 8.56. The van der Waals surface area contributed by atoms with Crippen LogP contribution >= 0.6 is 11.3 Å². The van der Waals surface area contributed by atoms with Gasteiger partial charge in [0.1, 0.15) is 22.8 Å². The van der Waals surface area contributed by atoms with Crippen molar-refractivity contribution >= 4 is 33.4 Å². The Morgan fingerprint density at radius 2 is 2.00 bits per heavy atom. The van der Waals surface area contributed by atoms with E-state index in [9.17, 15) is 5.11 Å². The van der Waals surface area contributed by atoms with Crippen LogP contribution in [0.4, 0.5) is 5.82 Å². The van der Waals surface area contributed by atoms with Crippen molar-refractivity contribution < 1.29 is 14.6 Å². The SMILES string of the molecule is C=Cc1nc(C)nc(N[C@@H]2C[C@H](CO)[C@H]3OC(C)(C)O[C@H]32)c1-c1nc2ccccc2s1. The zero-order valence-electron chi connectivity index (χ0n) is 17.8. The summed E-state index contributed by atoms with van der Waals surface area (Å²) in [6, 6.07) is 8.01. The Balaban J connectivity index is 1.56. The van der Waals surface area contributed by atoms with Gasteiger partial charge in [-0.15, -0.1) is 11.3 Å². The molecule has 31 heavy (non-hydrogen) atoms. The fourth-order valence-corrected chi connectivity index (χ4v) is 5.64. The van der Waals surface area contributed by atoms with Crippen LogP contribution in [0.1, 0.15) is 31.8 Å². The highest BCUT2D eigenvalue weighted by atomic mass is 32.1. The van der Waals surface area contributed by atoms with E-state index >= 15 is 0 Å². The first-order valence-electron chi connectivity index (χ1n) is 10.5. The highest BCUT2D eigenvalue weighted by molar-refractivity contribution is 7.21. The van der Waals surface area contributed by atoms with Crippen LogP contribution in [0.2, 0.25) is 0 Å². The molecular weight excluding hydrogens is 412 g/mol. The molecule has 1 aliphatic carbocycles. The zero-order valence-corrected chi connectivity index (χ0v) is 18.6. The van der Waals surface area contributed by atoms with E-state index in [0.717, 1.165) is 32.9 Å². The summed E-state index contributed by atoms with van der Waals surface area (Å²) in [5, 5.41) is 14.3. The van der Waals surface area contributed by atoms with Crippen molar-refractivity contribution in [2.45, 2.75) is 51.2 Å². The predicted molar refractivity (Wildman–Crippen MR) is 122 cm³/mol. The number of hydrogen-bond acceptors (Lipinski definition) is 8. The number of hydrogen-bond donors (Lipinski definition) is 2. The molecule has 2 fully saturated rings. The minimum absolute atomic E-state index is 0.0111. The topological polar surface area (TPSA) is 89.4 Å². The number of rotatable bonds is 5. The molecule has 1 saturated carbocycles. The summed E-state index contributed by atoms with van der Waals surface area (Å²) in [7, 11) is 0. The number of para-hydroxylation sites is 1. The van der Waals surface area contributed by atoms with Crippen molar-refractivity contribution in [2.75, 3.05) is 11.9 Å². The molecule has 5 rings (SSSR count). The molecule has 0 spiro atoms. The Bertz CT molecular complexity index is 1110. The normalized spacial score (nSPS) is 26.8. The van der Waals surface area contributed by atoms with E-state index in [2.05, 4.69) is 22.9 Å². The summed E-state index contributed by atoms with van der Waals surface area (Å²) in [5.74, 6) is 0.695. The van der Waals surface area contributed by atoms with Crippen molar-refractivity contribution in [3.8, 4) is 10.6 Å². The average Bonchev–Trinajstić information content (AvgIpc) is 3.38. The van der Waals surface area contributed by atoms with Crippen molar-refractivity contribution in [1.82, 2.24) is 15.0 Å². The fourth-order valence-electron chi connectivity index (χ4n) is 4.62.